The van der Waals surface area contributed by atoms with E-state index in [1.54, 1.807) is 0 Å². The van der Waals surface area contributed by atoms with Crippen molar-refractivity contribution in [3.63, 3.8) is 0 Å². The fourth-order valence-electron chi connectivity index (χ4n) is 0.348. The standard InChI is InChI=1S/C4H7BrClNO4S/c5-2-1-3-11-4(8)7-12(6,9)10/h1-3H2,(H,7,8). The number of alkyl halides is 1. The zero-order valence-corrected chi connectivity index (χ0v) is 9.08. The smallest absolute Gasteiger partial charge is 0.421 e. The van der Waals surface area contributed by atoms with E-state index in [1.165, 1.54) is 4.72 Å². The second-order valence-corrected chi connectivity index (χ2v) is 4.81. The van der Waals surface area contributed by atoms with Gasteiger partial charge in [-0.05, 0) is 6.42 Å². The van der Waals surface area contributed by atoms with E-state index in [9.17, 15) is 13.2 Å². The summed E-state index contributed by atoms with van der Waals surface area (Å²) in [6.45, 7) is 0.142. The van der Waals surface area contributed by atoms with Crippen LogP contribution in [0.4, 0.5) is 4.79 Å². The summed E-state index contributed by atoms with van der Waals surface area (Å²) >= 11 is 3.10. The Kier molecular flexibility index (Phi) is 5.60. The van der Waals surface area contributed by atoms with Gasteiger partial charge in [-0.15, -0.1) is 0 Å². The third-order valence-corrected chi connectivity index (χ3v) is 1.92. The Morgan fingerprint density at radius 1 is 1.58 bits per heavy atom. The first-order valence-corrected chi connectivity index (χ1v) is 6.34. The maximum atomic E-state index is 10.5. The van der Waals surface area contributed by atoms with Gasteiger partial charge in [-0.2, -0.15) is 8.42 Å². The van der Waals surface area contributed by atoms with Crippen LogP contribution in [-0.2, 0) is 14.0 Å². The van der Waals surface area contributed by atoms with E-state index in [0.29, 0.717) is 11.8 Å². The molecular weight excluding hydrogens is 273 g/mol. The van der Waals surface area contributed by atoms with E-state index in [2.05, 4.69) is 20.7 Å². The third kappa shape index (κ3) is 8.09. The Morgan fingerprint density at radius 3 is 2.58 bits per heavy atom. The topological polar surface area (TPSA) is 72.5 Å². The number of carbonyl (C=O) groups excluding carboxylic acids is 1. The van der Waals surface area contributed by atoms with Crippen LogP contribution in [0.1, 0.15) is 6.42 Å². The van der Waals surface area contributed by atoms with Gasteiger partial charge in [0.1, 0.15) is 0 Å². The SMILES string of the molecule is O=C(NS(=O)(=O)Cl)OCCCBr. The number of ether oxygens (including phenoxy) is 1. The Balaban J connectivity index is 3.62. The third-order valence-electron chi connectivity index (χ3n) is 0.716. The molecule has 0 spiro atoms. The molecule has 0 aromatic carbocycles. The van der Waals surface area contributed by atoms with Gasteiger partial charge in [0.15, 0.2) is 0 Å². The Morgan fingerprint density at radius 2 is 2.17 bits per heavy atom. The van der Waals surface area contributed by atoms with Crippen molar-refractivity contribution in [3.8, 4) is 0 Å². The maximum absolute atomic E-state index is 10.5. The van der Waals surface area contributed by atoms with Crippen LogP contribution in [0.15, 0.2) is 0 Å². The first kappa shape index (κ1) is 12.0. The minimum atomic E-state index is -4.02. The fraction of sp³-hybridized carbons (Fsp3) is 0.750. The zero-order valence-electron chi connectivity index (χ0n) is 5.92. The van der Waals surface area contributed by atoms with Crippen molar-refractivity contribution in [2.45, 2.75) is 6.42 Å². The van der Waals surface area contributed by atoms with E-state index >= 15 is 0 Å². The van der Waals surface area contributed by atoms with Crippen molar-refractivity contribution in [1.29, 1.82) is 0 Å². The van der Waals surface area contributed by atoms with Crippen LogP contribution in [0.3, 0.4) is 0 Å². The molecule has 5 nitrogen and oxygen atoms in total. The van der Waals surface area contributed by atoms with Crippen LogP contribution >= 0.6 is 26.6 Å². The molecule has 0 aromatic heterocycles. The van der Waals surface area contributed by atoms with E-state index in [0.717, 1.165) is 0 Å². The molecule has 0 atom stereocenters. The van der Waals surface area contributed by atoms with Crippen LogP contribution in [0.2, 0.25) is 0 Å². The molecule has 0 aliphatic heterocycles. The predicted octanol–water partition coefficient (Wildman–Crippen LogP) is 0.981. The highest BCUT2D eigenvalue weighted by Gasteiger charge is 2.10. The van der Waals surface area contributed by atoms with Gasteiger partial charge >= 0.3 is 15.3 Å². The van der Waals surface area contributed by atoms with Gasteiger partial charge < -0.3 is 4.74 Å². The van der Waals surface area contributed by atoms with E-state index in [4.69, 9.17) is 10.7 Å². The molecule has 0 radical (unpaired) electrons. The van der Waals surface area contributed by atoms with Crippen LogP contribution in [0.5, 0.6) is 0 Å². The lowest BCUT2D eigenvalue weighted by atomic mass is 10.5. The van der Waals surface area contributed by atoms with Gasteiger partial charge in [0.2, 0.25) is 0 Å². The monoisotopic (exact) mass is 279 g/mol. The van der Waals surface area contributed by atoms with E-state index in [-0.39, 0.29) is 6.61 Å². The molecule has 0 heterocycles. The van der Waals surface area contributed by atoms with Crippen LogP contribution in [0.25, 0.3) is 0 Å². The summed E-state index contributed by atoms with van der Waals surface area (Å²) in [5, 5.41) is 0.675. The maximum Gasteiger partial charge on any atom is 0.421 e. The highest BCUT2D eigenvalue weighted by molar-refractivity contribution is 9.09. The van der Waals surface area contributed by atoms with Gasteiger partial charge in [0, 0.05) is 16.0 Å². The first-order chi connectivity index (χ1) is 5.45. The van der Waals surface area contributed by atoms with Crippen LogP contribution < -0.4 is 4.72 Å². The number of hydrogen-bond donors (Lipinski definition) is 1. The van der Waals surface area contributed by atoms with Gasteiger partial charge in [-0.3, -0.25) is 0 Å². The minimum Gasteiger partial charge on any atom is -0.449 e. The molecule has 1 amide bonds. The Labute approximate surface area is 83.1 Å². The van der Waals surface area contributed by atoms with E-state index < -0.39 is 15.3 Å². The zero-order chi connectivity index (χ0) is 9.61. The number of hydrogen-bond acceptors (Lipinski definition) is 4. The average molecular weight is 281 g/mol. The van der Waals surface area contributed by atoms with Crippen LogP contribution in [-0.4, -0.2) is 26.4 Å². The first-order valence-electron chi connectivity index (χ1n) is 2.91. The molecule has 0 saturated heterocycles. The lowest BCUT2D eigenvalue weighted by molar-refractivity contribution is 0.153. The molecule has 0 rings (SSSR count). The molecule has 72 valence electrons. The lowest BCUT2D eigenvalue weighted by Gasteiger charge is -2.01. The molecule has 0 bridgehead atoms. The molecule has 0 aromatic rings. The van der Waals surface area contributed by atoms with Crippen molar-refractivity contribution in [2.24, 2.45) is 0 Å². The number of amides is 1. The van der Waals surface area contributed by atoms with Gasteiger partial charge in [0.25, 0.3) is 0 Å². The van der Waals surface area contributed by atoms with Crippen molar-refractivity contribution in [2.75, 3.05) is 11.9 Å². The summed E-state index contributed by atoms with van der Waals surface area (Å²) in [7, 11) is 0.667. The highest BCUT2D eigenvalue weighted by atomic mass is 79.9. The second-order valence-electron chi connectivity index (χ2n) is 1.72. The summed E-state index contributed by atoms with van der Waals surface area (Å²) in [6.07, 6.45) is -0.457. The van der Waals surface area contributed by atoms with Crippen molar-refractivity contribution >= 4 is 41.9 Å². The molecule has 8 heteroatoms. The van der Waals surface area contributed by atoms with Crippen molar-refractivity contribution < 1.29 is 17.9 Å². The molecular formula is C4H7BrClNO4S. The number of nitrogens with one attached hydrogen (secondary N) is 1. The van der Waals surface area contributed by atoms with Crippen molar-refractivity contribution in [3.05, 3.63) is 0 Å². The second kappa shape index (κ2) is 5.60. The number of rotatable bonds is 4. The predicted molar refractivity (Wildman–Crippen MR) is 47.7 cm³/mol. The van der Waals surface area contributed by atoms with E-state index in [1.807, 2.05) is 0 Å². The molecule has 0 fully saturated rings. The largest absolute Gasteiger partial charge is 0.449 e. The normalized spacial score (nSPS) is 10.8. The molecule has 1 N–H and O–H groups in total. The lowest BCUT2D eigenvalue weighted by Crippen LogP contribution is -2.27. The Hall–Kier alpha value is -0.0100. The highest BCUT2D eigenvalue weighted by Crippen LogP contribution is 1.93. The summed E-state index contributed by atoms with van der Waals surface area (Å²) in [5.41, 5.74) is 0. The van der Waals surface area contributed by atoms with Gasteiger partial charge in [-0.25, -0.2) is 9.52 Å². The molecule has 0 unspecified atom stereocenters. The molecule has 0 aliphatic carbocycles. The van der Waals surface area contributed by atoms with Gasteiger partial charge in [-0.1, -0.05) is 15.9 Å². The van der Waals surface area contributed by atoms with Crippen LogP contribution in [0, 0.1) is 0 Å². The average Bonchev–Trinajstić information content (AvgIpc) is 1.84. The quantitative estimate of drug-likeness (QED) is 0.473. The number of halogens is 2. The molecule has 12 heavy (non-hydrogen) atoms. The summed E-state index contributed by atoms with van der Waals surface area (Å²) in [6, 6.07) is 0. The Bertz CT molecular complexity index is 241. The minimum absolute atomic E-state index is 0.142. The fourth-order valence-corrected chi connectivity index (χ4v) is 1.02. The molecule has 0 saturated carbocycles. The van der Waals surface area contributed by atoms with Crippen molar-refractivity contribution in [1.82, 2.24) is 4.72 Å². The number of carbonyl (C=O) groups is 1. The summed E-state index contributed by atoms with van der Waals surface area (Å²) in [4.78, 5) is 10.5. The molecule has 0 aliphatic rings. The van der Waals surface area contributed by atoms with Gasteiger partial charge in [0.05, 0.1) is 6.61 Å². The summed E-state index contributed by atoms with van der Waals surface area (Å²) < 4.78 is 26.3. The summed E-state index contributed by atoms with van der Waals surface area (Å²) in [5.74, 6) is 0.